The van der Waals surface area contributed by atoms with Crippen LogP contribution in [0.4, 0.5) is 0 Å². The molecule has 0 spiro atoms. The lowest BCUT2D eigenvalue weighted by Crippen LogP contribution is -2.54. The first-order valence-electron chi connectivity index (χ1n) is 10.3. The van der Waals surface area contributed by atoms with Crippen LogP contribution < -0.4 is 10.6 Å². The van der Waals surface area contributed by atoms with Crippen LogP contribution in [0.3, 0.4) is 0 Å². The highest BCUT2D eigenvalue weighted by molar-refractivity contribution is 7.98. The minimum atomic E-state index is -0.833. The number of nitrogens with zero attached hydrogens (tertiary/aromatic N) is 7. The molecule has 3 aromatic heterocycles. The van der Waals surface area contributed by atoms with Crippen molar-refractivity contribution in [2.24, 2.45) is 0 Å². The molecule has 172 valence electrons. The van der Waals surface area contributed by atoms with Crippen LogP contribution in [-0.4, -0.2) is 78.8 Å². The van der Waals surface area contributed by atoms with E-state index in [1.165, 1.54) is 18.1 Å². The molecular weight excluding hydrogens is 444 g/mol. The van der Waals surface area contributed by atoms with Gasteiger partial charge in [0.25, 0.3) is 11.5 Å². The summed E-state index contributed by atoms with van der Waals surface area (Å²) in [6, 6.07) is 7.51. The molecule has 5 rings (SSSR count). The predicted molar refractivity (Wildman–Crippen MR) is 126 cm³/mol. The highest BCUT2D eigenvalue weighted by atomic mass is 32.2. The normalized spacial score (nSPS) is 14.3. The number of aliphatic carboxylic acids is 1. The summed E-state index contributed by atoms with van der Waals surface area (Å²) in [5, 5.41) is 10.9. The topological polar surface area (TPSA) is 133 Å². The summed E-state index contributed by atoms with van der Waals surface area (Å²) in [5.41, 5.74) is 2.12. The summed E-state index contributed by atoms with van der Waals surface area (Å²) < 4.78 is 1.76. The van der Waals surface area contributed by atoms with Crippen molar-refractivity contribution >= 4 is 39.8 Å². The number of hydrogen-bond acceptors (Lipinski definition) is 9. The first-order valence-corrected chi connectivity index (χ1v) is 11.3. The second-order valence-corrected chi connectivity index (χ2v) is 8.47. The maximum Gasteiger partial charge on any atom is 0.300 e. The van der Waals surface area contributed by atoms with Crippen LogP contribution in [0.5, 0.6) is 0 Å². The average Bonchev–Trinajstić information content (AvgIpc) is 3.28. The predicted octanol–water partition coefficient (Wildman–Crippen LogP) is 1.33. The number of carboxylic acids is 1. The minimum absolute atomic E-state index is 0.0230. The number of H-pyrrole nitrogens is 1. The quantitative estimate of drug-likeness (QED) is 0.334. The van der Waals surface area contributed by atoms with Gasteiger partial charge in [0, 0.05) is 33.1 Å². The number of hydrogen-bond donors (Lipinski definition) is 2. The van der Waals surface area contributed by atoms with Crippen LogP contribution in [0.25, 0.3) is 22.1 Å². The number of rotatable bonds is 4. The summed E-state index contributed by atoms with van der Waals surface area (Å²) in [6.45, 7) is 4.47. The molecule has 33 heavy (non-hydrogen) atoms. The van der Waals surface area contributed by atoms with Gasteiger partial charge < -0.3 is 20.0 Å². The summed E-state index contributed by atoms with van der Waals surface area (Å²) in [7, 11) is 2.10. The van der Waals surface area contributed by atoms with E-state index in [1.807, 2.05) is 24.3 Å². The molecule has 2 N–H and O–H groups in total. The maximum absolute atomic E-state index is 13.3. The first-order chi connectivity index (χ1) is 15.9. The molecule has 1 fully saturated rings. The lowest BCUT2D eigenvalue weighted by molar-refractivity contribution is -0.134. The number of aromatic amines is 1. The molecule has 4 heterocycles. The van der Waals surface area contributed by atoms with Crippen molar-refractivity contribution in [2.75, 3.05) is 38.2 Å². The number of benzene rings is 1. The summed E-state index contributed by atoms with van der Waals surface area (Å²) in [4.78, 5) is 45.2. The molecule has 0 unspecified atom stereocenters. The van der Waals surface area contributed by atoms with Crippen molar-refractivity contribution in [1.82, 2.24) is 34.5 Å². The van der Waals surface area contributed by atoms with Gasteiger partial charge >= 0.3 is 0 Å². The van der Waals surface area contributed by atoms with Gasteiger partial charge in [-0.3, -0.25) is 9.59 Å². The molecule has 0 bridgehead atoms. The van der Waals surface area contributed by atoms with E-state index in [2.05, 4.69) is 36.9 Å². The number of carbonyl (C=O) groups is 1. The van der Waals surface area contributed by atoms with Gasteiger partial charge in [-0.1, -0.05) is 23.9 Å². The summed E-state index contributed by atoms with van der Waals surface area (Å²) in [5.74, 6) is 0.395. The van der Waals surface area contributed by atoms with Crippen LogP contribution in [0, 0.1) is 0 Å². The first kappa shape index (κ1) is 22.7. The van der Waals surface area contributed by atoms with E-state index in [1.54, 1.807) is 11.0 Å². The molecule has 1 aliphatic heterocycles. The molecule has 4 aromatic rings. The molecular formula is C21H24N8O3S. The largest absolute Gasteiger partial charge is 0.481 e. The fourth-order valence-corrected chi connectivity index (χ4v) is 4.40. The number of thioether (sulfide) groups is 1. The Labute approximate surface area is 193 Å². The van der Waals surface area contributed by atoms with E-state index in [4.69, 9.17) is 14.9 Å². The van der Waals surface area contributed by atoms with Crippen LogP contribution in [-0.2, 0) is 10.5 Å². The zero-order valence-electron chi connectivity index (χ0n) is 18.3. The second kappa shape index (κ2) is 9.96. The Kier molecular flexibility index (Phi) is 6.84. The van der Waals surface area contributed by atoms with Crippen molar-refractivity contribution in [3.8, 4) is 0 Å². The van der Waals surface area contributed by atoms with E-state index < -0.39 is 5.97 Å². The zero-order valence-corrected chi connectivity index (χ0v) is 19.1. The van der Waals surface area contributed by atoms with Crippen molar-refractivity contribution < 1.29 is 9.90 Å². The molecule has 11 nitrogen and oxygen atoms in total. The molecule has 12 heteroatoms. The van der Waals surface area contributed by atoms with Gasteiger partial charge in [-0.15, -0.1) is 0 Å². The SMILES string of the molecule is CC(=O)O.CN1CCN(n2c(CSc3ncnc4nc[nH]c34)nc3ccccc3c2=O)CC1. The molecule has 0 saturated carbocycles. The van der Waals surface area contributed by atoms with E-state index >= 15 is 0 Å². The van der Waals surface area contributed by atoms with E-state index in [0.717, 1.165) is 49.5 Å². The smallest absolute Gasteiger partial charge is 0.300 e. The lowest BCUT2D eigenvalue weighted by atomic mass is 10.2. The van der Waals surface area contributed by atoms with Crippen LogP contribution in [0.15, 0.2) is 46.7 Å². The number of nitrogens with one attached hydrogen (secondary N) is 1. The fourth-order valence-electron chi connectivity index (χ4n) is 3.54. The maximum atomic E-state index is 13.3. The van der Waals surface area contributed by atoms with Gasteiger partial charge in [-0.05, 0) is 19.2 Å². The number of aromatic nitrogens is 6. The van der Waals surface area contributed by atoms with Gasteiger partial charge in [-0.2, -0.15) is 0 Å². The van der Waals surface area contributed by atoms with Gasteiger partial charge in [-0.25, -0.2) is 24.6 Å². The van der Waals surface area contributed by atoms with Crippen molar-refractivity contribution in [2.45, 2.75) is 17.7 Å². The molecule has 0 aliphatic carbocycles. The Hall–Kier alpha value is -3.51. The van der Waals surface area contributed by atoms with Crippen LogP contribution in [0.1, 0.15) is 12.7 Å². The number of carboxylic acid groups (broad SMARTS) is 1. The Bertz CT molecular complexity index is 1330. The number of fused-ring (bicyclic) bond motifs is 2. The summed E-state index contributed by atoms with van der Waals surface area (Å²) in [6.07, 6.45) is 3.12. The average molecular weight is 469 g/mol. The van der Waals surface area contributed by atoms with Crippen LogP contribution in [0.2, 0.25) is 0 Å². The number of para-hydroxylation sites is 1. The third-order valence-electron chi connectivity index (χ3n) is 5.11. The van der Waals surface area contributed by atoms with E-state index in [0.29, 0.717) is 22.3 Å². The van der Waals surface area contributed by atoms with Gasteiger partial charge in [0.2, 0.25) is 0 Å². The number of imidazole rings is 1. The highest BCUT2D eigenvalue weighted by Crippen LogP contribution is 2.25. The van der Waals surface area contributed by atoms with Gasteiger partial charge in [0.05, 0.1) is 23.0 Å². The van der Waals surface area contributed by atoms with Crippen LogP contribution >= 0.6 is 11.8 Å². The van der Waals surface area contributed by atoms with Crippen molar-refractivity contribution in [3.63, 3.8) is 0 Å². The van der Waals surface area contributed by atoms with Crippen molar-refractivity contribution in [1.29, 1.82) is 0 Å². The summed E-state index contributed by atoms with van der Waals surface area (Å²) >= 11 is 1.52. The Morgan fingerprint density at radius 1 is 1.15 bits per heavy atom. The third-order valence-corrected chi connectivity index (χ3v) is 6.10. The number of likely N-dealkylation sites (N-methyl/N-ethyl adjacent to an activating group) is 1. The van der Waals surface area contributed by atoms with Crippen molar-refractivity contribution in [3.05, 3.63) is 53.1 Å². The van der Waals surface area contributed by atoms with E-state index in [9.17, 15) is 4.79 Å². The molecule has 1 aliphatic rings. The standard InChI is InChI=1S/C19H20N8OS.C2H4O2/c1-25-6-8-26(9-7-25)27-15(24-14-5-3-2-4-13(14)19(27)28)10-29-18-16-17(21-11-20-16)22-12-23-18;1-2(3)4/h2-5,11-12H,6-10H2,1H3,(H,20,21,22,23);1H3,(H,3,4). The molecule has 0 amide bonds. The number of piperazine rings is 1. The third kappa shape index (κ3) is 5.12. The molecule has 1 aromatic carbocycles. The molecule has 0 atom stereocenters. The van der Waals surface area contributed by atoms with Gasteiger partial charge in [0.15, 0.2) is 5.65 Å². The second-order valence-electron chi connectivity index (χ2n) is 7.51. The Morgan fingerprint density at radius 2 is 1.88 bits per heavy atom. The molecule has 0 radical (unpaired) electrons. The Morgan fingerprint density at radius 3 is 2.64 bits per heavy atom. The van der Waals surface area contributed by atoms with Gasteiger partial charge in [0.1, 0.15) is 22.7 Å². The lowest BCUT2D eigenvalue weighted by Gasteiger charge is -2.35. The Balaban J connectivity index is 0.000000601. The highest BCUT2D eigenvalue weighted by Gasteiger charge is 2.21. The zero-order chi connectivity index (χ0) is 23.4. The molecule has 1 saturated heterocycles. The van der Waals surface area contributed by atoms with E-state index in [-0.39, 0.29) is 5.56 Å². The monoisotopic (exact) mass is 468 g/mol. The minimum Gasteiger partial charge on any atom is -0.481 e. The fraction of sp³-hybridized carbons (Fsp3) is 0.333.